The van der Waals surface area contributed by atoms with Crippen LogP contribution in [-0.4, -0.2) is 49.1 Å². The fourth-order valence-corrected chi connectivity index (χ4v) is 6.99. The smallest absolute Gasteiger partial charge is 0.244 e. The largest absolute Gasteiger partial charge is 0.454 e. The average molecular weight is 354 g/mol. The van der Waals surface area contributed by atoms with Crippen LogP contribution in [0.3, 0.4) is 0 Å². The van der Waals surface area contributed by atoms with E-state index in [0.29, 0.717) is 16.7 Å². The molecule has 7 nitrogen and oxygen atoms in total. The number of amidine groups is 1. The van der Waals surface area contributed by atoms with E-state index in [1.165, 1.54) is 18.7 Å². The van der Waals surface area contributed by atoms with Gasteiger partial charge in [0.2, 0.25) is 12.7 Å². The van der Waals surface area contributed by atoms with Crippen molar-refractivity contribution in [3.05, 3.63) is 18.2 Å². The van der Waals surface area contributed by atoms with Crippen LogP contribution in [-0.2, 0) is 14.6 Å². The Hall–Kier alpha value is -1.74. The molecule has 23 heavy (non-hydrogen) atoms. The van der Waals surface area contributed by atoms with Crippen molar-refractivity contribution >= 4 is 38.4 Å². The molecule has 2 fully saturated rings. The predicted molar refractivity (Wildman–Crippen MR) is 87.0 cm³/mol. The first kappa shape index (κ1) is 14.8. The van der Waals surface area contributed by atoms with Crippen LogP contribution in [0.15, 0.2) is 23.2 Å². The second-order valence-corrected chi connectivity index (χ2v) is 8.98. The molecule has 2 atom stereocenters. The Bertz CT molecular complexity index is 820. The van der Waals surface area contributed by atoms with Crippen molar-refractivity contribution in [1.29, 1.82) is 0 Å². The molecule has 1 aromatic carbocycles. The van der Waals surface area contributed by atoms with Gasteiger partial charge in [-0.25, -0.2) is 8.42 Å². The van der Waals surface area contributed by atoms with Crippen LogP contribution in [0.5, 0.6) is 11.5 Å². The number of amides is 1. The van der Waals surface area contributed by atoms with Gasteiger partial charge in [0.15, 0.2) is 26.5 Å². The Morgan fingerprint density at radius 2 is 2.09 bits per heavy atom. The molecule has 0 spiro atoms. The zero-order chi connectivity index (χ0) is 16.2. The third-order valence-electron chi connectivity index (χ3n) is 3.95. The van der Waals surface area contributed by atoms with Crippen LogP contribution in [0.4, 0.5) is 5.69 Å². The molecule has 0 unspecified atom stereocenters. The number of nitrogens with zero attached hydrogens (tertiary/aromatic N) is 2. The fourth-order valence-electron chi connectivity index (χ4n) is 3.04. The number of hydrogen-bond acceptors (Lipinski definition) is 6. The minimum Gasteiger partial charge on any atom is -0.454 e. The Labute approximate surface area is 137 Å². The molecule has 122 valence electrons. The lowest BCUT2D eigenvalue weighted by Gasteiger charge is -2.24. The maximum Gasteiger partial charge on any atom is 0.244 e. The first-order chi connectivity index (χ1) is 10.9. The number of carbonyl (C=O) groups excluding carboxylic acids is 1. The Balaban J connectivity index is 1.77. The molecule has 0 N–H and O–H groups in total. The summed E-state index contributed by atoms with van der Waals surface area (Å²) in [7, 11) is -3.07. The van der Waals surface area contributed by atoms with Crippen molar-refractivity contribution < 1.29 is 22.7 Å². The summed E-state index contributed by atoms with van der Waals surface area (Å²) in [6.45, 7) is 1.55. The number of hydrogen-bond donors (Lipinski definition) is 0. The minimum atomic E-state index is -3.07. The van der Waals surface area contributed by atoms with Crippen LogP contribution in [0.2, 0.25) is 0 Å². The lowest BCUT2D eigenvalue weighted by atomic mass is 10.2. The molecule has 3 heterocycles. The number of fused-ring (bicyclic) bond motifs is 2. The maximum atomic E-state index is 11.9. The molecule has 0 radical (unpaired) electrons. The van der Waals surface area contributed by atoms with E-state index in [4.69, 9.17) is 9.47 Å². The van der Waals surface area contributed by atoms with Crippen molar-refractivity contribution in [2.24, 2.45) is 4.99 Å². The summed E-state index contributed by atoms with van der Waals surface area (Å²) in [6, 6.07) is 5.19. The summed E-state index contributed by atoms with van der Waals surface area (Å²) in [4.78, 5) is 17.3. The molecule has 0 bridgehead atoms. The first-order valence-electron chi connectivity index (χ1n) is 7.08. The maximum absolute atomic E-state index is 11.9. The topological polar surface area (TPSA) is 85.3 Å². The standard InChI is InChI=1S/C14H14N2O5S2/c1-8(17)15-14-16(10-5-23(18,19)6-13(10)22-14)9-2-3-11-12(4-9)21-7-20-11/h2-4,10,13H,5-7H2,1H3/t10-,13-/m1/s1. The molecular formula is C14H14N2O5S2. The van der Waals surface area contributed by atoms with E-state index in [2.05, 4.69) is 4.99 Å². The summed E-state index contributed by atoms with van der Waals surface area (Å²) in [5.74, 6) is 1.14. The molecule has 1 amide bonds. The number of benzene rings is 1. The van der Waals surface area contributed by atoms with Gasteiger partial charge in [0, 0.05) is 23.9 Å². The second kappa shape index (κ2) is 5.13. The number of anilines is 1. The molecule has 0 aliphatic carbocycles. The van der Waals surface area contributed by atoms with Gasteiger partial charge in [-0.3, -0.25) is 4.79 Å². The molecule has 9 heteroatoms. The van der Waals surface area contributed by atoms with Gasteiger partial charge in [0.05, 0.1) is 17.5 Å². The molecule has 3 aliphatic heterocycles. The zero-order valence-electron chi connectivity index (χ0n) is 12.3. The Kier molecular flexibility index (Phi) is 3.31. The fraction of sp³-hybridized carbons (Fsp3) is 0.429. The van der Waals surface area contributed by atoms with Crippen molar-refractivity contribution in [2.45, 2.75) is 18.2 Å². The van der Waals surface area contributed by atoms with Gasteiger partial charge in [0.1, 0.15) is 0 Å². The molecule has 0 aromatic heterocycles. The number of sulfone groups is 1. The normalized spacial score (nSPS) is 29.1. The highest BCUT2D eigenvalue weighted by molar-refractivity contribution is 8.16. The number of thioether (sulfide) groups is 1. The van der Waals surface area contributed by atoms with E-state index in [-0.39, 0.29) is 35.5 Å². The van der Waals surface area contributed by atoms with Crippen molar-refractivity contribution in [2.75, 3.05) is 23.2 Å². The number of aliphatic imine (C=N–C) groups is 1. The lowest BCUT2D eigenvalue weighted by molar-refractivity contribution is -0.115. The van der Waals surface area contributed by atoms with Crippen LogP contribution in [0, 0.1) is 0 Å². The van der Waals surface area contributed by atoms with E-state index in [0.717, 1.165) is 5.69 Å². The molecule has 1 aromatic rings. The predicted octanol–water partition coefficient (Wildman–Crippen LogP) is 1.04. The van der Waals surface area contributed by atoms with E-state index >= 15 is 0 Å². The summed E-state index contributed by atoms with van der Waals surface area (Å²) in [6.07, 6.45) is 0. The van der Waals surface area contributed by atoms with Crippen LogP contribution >= 0.6 is 11.8 Å². The quantitative estimate of drug-likeness (QED) is 0.745. The monoisotopic (exact) mass is 354 g/mol. The molecule has 0 saturated carbocycles. The third-order valence-corrected chi connectivity index (χ3v) is 7.16. The van der Waals surface area contributed by atoms with Crippen molar-refractivity contribution in [1.82, 2.24) is 0 Å². The summed E-state index contributed by atoms with van der Waals surface area (Å²) in [5, 5.41) is 0.435. The highest BCUT2D eigenvalue weighted by atomic mass is 32.2. The number of rotatable bonds is 1. The zero-order valence-corrected chi connectivity index (χ0v) is 13.9. The summed E-state index contributed by atoms with van der Waals surface area (Å²) in [5.41, 5.74) is 0.756. The number of carbonyl (C=O) groups is 1. The summed E-state index contributed by atoms with van der Waals surface area (Å²) < 4.78 is 34.6. The highest BCUT2D eigenvalue weighted by Gasteiger charge is 2.49. The molecule has 2 saturated heterocycles. The Morgan fingerprint density at radius 3 is 2.87 bits per heavy atom. The number of ether oxygens (including phenoxy) is 2. The van der Waals surface area contributed by atoms with E-state index in [1.54, 1.807) is 12.1 Å². The van der Waals surface area contributed by atoms with Gasteiger partial charge in [-0.05, 0) is 12.1 Å². The average Bonchev–Trinajstić information content (AvgIpc) is 3.09. The van der Waals surface area contributed by atoms with Gasteiger partial charge >= 0.3 is 0 Å². The molecule has 3 aliphatic rings. The van der Waals surface area contributed by atoms with E-state index in [1.807, 2.05) is 11.0 Å². The van der Waals surface area contributed by atoms with Gasteiger partial charge in [-0.1, -0.05) is 11.8 Å². The van der Waals surface area contributed by atoms with E-state index < -0.39 is 9.84 Å². The second-order valence-electron chi connectivity index (χ2n) is 5.62. The minimum absolute atomic E-state index is 0.0655. The van der Waals surface area contributed by atoms with Gasteiger partial charge in [-0.15, -0.1) is 0 Å². The summed E-state index contributed by atoms with van der Waals surface area (Å²) >= 11 is 1.35. The SMILES string of the molecule is CC(=O)N=C1S[C@@H]2CS(=O)(=O)C[C@H]2N1c1ccc2c(c1)OCO2. The van der Waals surface area contributed by atoms with Crippen LogP contribution < -0.4 is 14.4 Å². The van der Waals surface area contributed by atoms with Crippen molar-refractivity contribution in [3.63, 3.8) is 0 Å². The van der Waals surface area contributed by atoms with E-state index in [9.17, 15) is 13.2 Å². The van der Waals surface area contributed by atoms with Gasteiger partial charge in [0.25, 0.3) is 0 Å². The third kappa shape index (κ3) is 2.57. The van der Waals surface area contributed by atoms with Crippen molar-refractivity contribution in [3.8, 4) is 11.5 Å². The Morgan fingerprint density at radius 1 is 1.30 bits per heavy atom. The molecule has 4 rings (SSSR count). The van der Waals surface area contributed by atoms with Gasteiger partial charge in [-0.2, -0.15) is 4.99 Å². The van der Waals surface area contributed by atoms with Crippen LogP contribution in [0.25, 0.3) is 0 Å². The van der Waals surface area contributed by atoms with Gasteiger partial charge < -0.3 is 14.4 Å². The highest BCUT2D eigenvalue weighted by Crippen LogP contribution is 2.43. The molecular weight excluding hydrogens is 340 g/mol. The first-order valence-corrected chi connectivity index (χ1v) is 9.78. The van der Waals surface area contributed by atoms with Crippen LogP contribution in [0.1, 0.15) is 6.92 Å². The lowest BCUT2D eigenvalue weighted by Crippen LogP contribution is -2.37.